The van der Waals surface area contributed by atoms with Crippen LogP contribution < -0.4 is 4.74 Å². The van der Waals surface area contributed by atoms with Crippen LogP contribution in [0.3, 0.4) is 0 Å². The monoisotopic (exact) mass is 344 g/mol. The van der Waals surface area contributed by atoms with Gasteiger partial charge in [-0.15, -0.1) is 11.6 Å². The molecule has 1 aromatic rings. The first-order valence-corrected chi connectivity index (χ1v) is 8.24. The van der Waals surface area contributed by atoms with Crippen LogP contribution in [0.25, 0.3) is 0 Å². The van der Waals surface area contributed by atoms with E-state index in [9.17, 15) is 0 Å². The molecule has 0 bridgehead atoms. The molecular weight excluding hydrogens is 324 g/mol. The highest BCUT2D eigenvalue weighted by molar-refractivity contribution is 9.10. The molecule has 1 saturated carbocycles. The fraction of sp³-hybridized carbons (Fsp3) is 0.625. The van der Waals surface area contributed by atoms with Crippen molar-refractivity contribution in [1.82, 2.24) is 0 Å². The van der Waals surface area contributed by atoms with Gasteiger partial charge < -0.3 is 4.74 Å². The molecule has 0 heterocycles. The zero-order valence-corrected chi connectivity index (χ0v) is 14.2. The Morgan fingerprint density at radius 1 is 1.26 bits per heavy atom. The molecule has 0 aromatic heterocycles. The van der Waals surface area contributed by atoms with Crippen molar-refractivity contribution in [3.8, 4) is 5.75 Å². The average molecular weight is 346 g/mol. The molecule has 0 N–H and O–H groups in total. The third-order valence-corrected chi connectivity index (χ3v) is 5.73. The van der Waals surface area contributed by atoms with Crippen molar-refractivity contribution in [3.63, 3.8) is 0 Å². The maximum Gasteiger partial charge on any atom is 0.123 e. The van der Waals surface area contributed by atoms with E-state index in [1.807, 2.05) is 0 Å². The zero-order valence-electron chi connectivity index (χ0n) is 11.9. The van der Waals surface area contributed by atoms with Crippen LogP contribution in [0.5, 0.6) is 5.75 Å². The van der Waals surface area contributed by atoms with Gasteiger partial charge in [-0.05, 0) is 49.3 Å². The normalized spacial score (nSPS) is 25.1. The Hall–Kier alpha value is -0.210. The molecule has 1 nitrogen and oxygen atoms in total. The van der Waals surface area contributed by atoms with Crippen LogP contribution in [0.1, 0.15) is 49.1 Å². The summed E-state index contributed by atoms with van der Waals surface area (Å²) in [5, 5.41) is 0.0550. The van der Waals surface area contributed by atoms with E-state index in [4.69, 9.17) is 16.3 Å². The van der Waals surface area contributed by atoms with E-state index in [-0.39, 0.29) is 5.38 Å². The Kier molecular flexibility index (Phi) is 5.19. The van der Waals surface area contributed by atoms with Crippen molar-refractivity contribution in [2.24, 2.45) is 11.8 Å². The lowest BCUT2D eigenvalue weighted by atomic mass is 9.79. The fourth-order valence-electron chi connectivity index (χ4n) is 2.90. The van der Waals surface area contributed by atoms with E-state index in [1.165, 1.54) is 31.2 Å². The van der Waals surface area contributed by atoms with Gasteiger partial charge in [0.2, 0.25) is 0 Å². The summed E-state index contributed by atoms with van der Waals surface area (Å²) >= 11 is 10.3. The van der Waals surface area contributed by atoms with E-state index in [0.29, 0.717) is 5.92 Å². The number of halogens is 2. The fourth-order valence-corrected chi connectivity index (χ4v) is 3.68. The Labute approximate surface area is 129 Å². The van der Waals surface area contributed by atoms with E-state index in [2.05, 4.69) is 41.9 Å². The smallest absolute Gasteiger partial charge is 0.123 e. The summed E-state index contributed by atoms with van der Waals surface area (Å²) in [6, 6.07) is 4.20. The summed E-state index contributed by atoms with van der Waals surface area (Å²) < 4.78 is 6.62. The average Bonchev–Trinajstić information content (AvgIpc) is 2.41. The lowest BCUT2D eigenvalue weighted by Crippen LogP contribution is -2.17. The van der Waals surface area contributed by atoms with Crippen LogP contribution in [0.4, 0.5) is 0 Å². The standard InChI is InChI=1S/C16H22BrClO/c1-10-4-6-12(7-5-10)16(18)13-9-14(17)11(2)8-15(13)19-3/h8-10,12,16H,4-7H2,1-3H3. The number of hydrogen-bond donors (Lipinski definition) is 0. The molecule has 0 spiro atoms. The van der Waals surface area contributed by atoms with Crippen LogP contribution in [0.15, 0.2) is 16.6 Å². The number of rotatable bonds is 3. The third-order valence-electron chi connectivity index (χ3n) is 4.28. The first kappa shape index (κ1) is 15.2. The van der Waals surface area contributed by atoms with Gasteiger partial charge in [-0.3, -0.25) is 0 Å². The maximum absolute atomic E-state index is 6.74. The van der Waals surface area contributed by atoms with E-state index in [1.54, 1.807) is 7.11 Å². The Morgan fingerprint density at radius 2 is 1.89 bits per heavy atom. The summed E-state index contributed by atoms with van der Waals surface area (Å²) in [5.74, 6) is 2.34. The highest BCUT2D eigenvalue weighted by Crippen LogP contribution is 2.44. The molecule has 1 atom stereocenters. The van der Waals surface area contributed by atoms with E-state index in [0.717, 1.165) is 21.7 Å². The highest BCUT2D eigenvalue weighted by atomic mass is 79.9. The quantitative estimate of drug-likeness (QED) is 0.622. The number of methoxy groups -OCH3 is 1. The van der Waals surface area contributed by atoms with Gasteiger partial charge in [0, 0.05) is 10.0 Å². The number of alkyl halides is 1. The molecule has 1 aliphatic carbocycles. The largest absolute Gasteiger partial charge is 0.496 e. The van der Waals surface area contributed by atoms with Gasteiger partial charge in [0.05, 0.1) is 12.5 Å². The van der Waals surface area contributed by atoms with E-state index >= 15 is 0 Å². The Bertz CT molecular complexity index is 439. The molecule has 0 amide bonds. The maximum atomic E-state index is 6.74. The topological polar surface area (TPSA) is 9.23 Å². The van der Waals surface area contributed by atoms with Gasteiger partial charge in [-0.1, -0.05) is 35.7 Å². The molecule has 1 aromatic carbocycles. The van der Waals surface area contributed by atoms with Crippen molar-refractivity contribution < 1.29 is 4.74 Å². The molecule has 1 aliphatic rings. The second kappa shape index (κ2) is 6.49. The zero-order chi connectivity index (χ0) is 14.0. The molecule has 3 heteroatoms. The Morgan fingerprint density at radius 3 is 2.47 bits per heavy atom. The molecule has 0 saturated heterocycles. The number of ether oxygens (including phenoxy) is 1. The van der Waals surface area contributed by atoms with Gasteiger partial charge in [-0.25, -0.2) is 0 Å². The minimum absolute atomic E-state index is 0.0550. The molecule has 1 fully saturated rings. The van der Waals surface area contributed by atoms with Crippen molar-refractivity contribution >= 4 is 27.5 Å². The minimum atomic E-state index is 0.0550. The summed E-state index contributed by atoms with van der Waals surface area (Å²) in [6.45, 7) is 4.41. The molecular formula is C16H22BrClO. The van der Waals surface area contributed by atoms with Crippen LogP contribution in [-0.4, -0.2) is 7.11 Å². The third kappa shape index (κ3) is 3.46. The van der Waals surface area contributed by atoms with Crippen LogP contribution in [0.2, 0.25) is 0 Å². The number of hydrogen-bond acceptors (Lipinski definition) is 1. The number of aryl methyl sites for hydroxylation is 1. The molecule has 0 radical (unpaired) electrons. The highest BCUT2D eigenvalue weighted by Gasteiger charge is 2.28. The Balaban J connectivity index is 2.22. The lowest BCUT2D eigenvalue weighted by molar-refractivity contribution is 0.280. The van der Waals surface area contributed by atoms with Gasteiger partial charge in [0.1, 0.15) is 5.75 Å². The predicted molar refractivity (Wildman–Crippen MR) is 85.1 cm³/mol. The first-order valence-electron chi connectivity index (χ1n) is 7.01. The van der Waals surface area contributed by atoms with Crippen molar-refractivity contribution in [1.29, 1.82) is 0 Å². The van der Waals surface area contributed by atoms with Gasteiger partial charge in [-0.2, -0.15) is 0 Å². The second-order valence-electron chi connectivity index (χ2n) is 5.77. The first-order chi connectivity index (χ1) is 9.02. The summed E-state index contributed by atoms with van der Waals surface area (Å²) in [4.78, 5) is 0. The van der Waals surface area contributed by atoms with E-state index < -0.39 is 0 Å². The van der Waals surface area contributed by atoms with Crippen LogP contribution in [-0.2, 0) is 0 Å². The van der Waals surface area contributed by atoms with Crippen molar-refractivity contribution in [2.75, 3.05) is 7.11 Å². The molecule has 1 unspecified atom stereocenters. The summed E-state index contributed by atoms with van der Waals surface area (Å²) in [5.41, 5.74) is 2.31. The van der Waals surface area contributed by atoms with Gasteiger partial charge in [0.25, 0.3) is 0 Å². The van der Waals surface area contributed by atoms with Crippen molar-refractivity contribution in [3.05, 3.63) is 27.7 Å². The minimum Gasteiger partial charge on any atom is -0.496 e. The summed E-state index contributed by atoms with van der Waals surface area (Å²) in [7, 11) is 1.72. The van der Waals surface area contributed by atoms with Gasteiger partial charge >= 0.3 is 0 Å². The van der Waals surface area contributed by atoms with Crippen LogP contribution in [0, 0.1) is 18.8 Å². The molecule has 0 aliphatic heterocycles. The summed E-state index contributed by atoms with van der Waals surface area (Å²) in [6.07, 6.45) is 5.04. The second-order valence-corrected chi connectivity index (χ2v) is 7.09. The molecule has 106 valence electrons. The molecule has 2 rings (SSSR count). The van der Waals surface area contributed by atoms with Crippen molar-refractivity contribution in [2.45, 2.75) is 44.9 Å². The lowest BCUT2D eigenvalue weighted by Gasteiger charge is -2.30. The van der Waals surface area contributed by atoms with Crippen LogP contribution >= 0.6 is 27.5 Å². The van der Waals surface area contributed by atoms with Gasteiger partial charge in [0.15, 0.2) is 0 Å². The SMILES string of the molecule is COc1cc(C)c(Br)cc1C(Cl)C1CCC(C)CC1. The predicted octanol–water partition coefficient (Wildman–Crippen LogP) is 5.87. The molecule has 19 heavy (non-hydrogen) atoms. The number of benzene rings is 1.